The number of fused-ring (bicyclic) bond motifs is 4. The second-order valence-electron chi connectivity index (χ2n) is 12.0. The van der Waals surface area contributed by atoms with Gasteiger partial charge in [0.1, 0.15) is 0 Å². The molecule has 4 unspecified atom stereocenters. The van der Waals surface area contributed by atoms with Crippen LogP contribution < -0.4 is 16.2 Å². The summed E-state index contributed by atoms with van der Waals surface area (Å²) in [6.07, 6.45) is -0.813. The maximum absolute atomic E-state index is 12.9. The highest BCUT2D eigenvalue weighted by atomic mass is 19.4. The van der Waals surface area contributed by atoms with E-state index in [1.54, 1.807) is 6.07 Å². The fraction of sp³-hybridized carbons (Fsp3) is 0.448. The van der Waals surface area contributed by atoms with Crippen molar-refractivity contribution in [3.05, 3.63) is 52.7 Å². The van der Waals surface area contributed by atoms with Gasteiger partial charge in [-0.1, -0.05) is 6.07 Å². The van der Waals surface area contributed by atoms with Crippen LogP contribution >= 0.6 is 0 Å². The lowest BCUT2D eigenvalue weighted by Gasteiger charge is -2.62. The Morgan fingerprint density at radius 2 is 1.95 bits per heavy atom. The predicted molar refractivity (Wildman–Crippen MR) is 146 cm³/mol. The molecule has 0 radical (unpaired) electrons. The molecule has 13 heteroatoms. The number of H-pyrrole nitrogens is 1. The van der Waals surface area contributed by atoms with Crippen molar-refractivity contribution < 1.29 is 38.0 Å². The number of aliphatic hydroxyl groups is 1. The molecule has 2 aromatic carbocycles. The number of nitrogens with zero attached hydrogens (tertiary/aromatic N) is 2. The van der Waals surface area contributed by atoms with Gasteiger partial charge in [0.25, 0.3) is 0 Å². The van der Waals surface area contributed by atoms with Crippen molar-refractivity contribution in [3.63, 3.8) is 0 Å². The first-order valence-electron chi connectivity index (χ1n) is 13.9. The second-order valence-corrected chi connectivity index (χ2v) is 12.0. The van der Waals surface area contributed by atoms with Gasteiger partial charge in [0, 0.05) is 35.5 Å². The number of aromatic hydroxyl groups is 1. The van der Waals surface area contributed by atoms with Crippen molar-refractivity contribution in [3.8, 4) is 11.5 Å². The third-order valence-electron chi connectivity index (χ3n) is 9.65. The molecule has 222 valence electrons. The minimum atomic E-state index is -5.08. The number of alkyl halides is 3. The molecule has 1 saturated carbocycles. The highest BCUT2D eigenvalue weighted by molar-refractivity contribution is 5.90. The van der Waals surface area contributed by atoms with E-state index in [4.69, 9.17) is 26.1 Å². The first kappa shape index (κ1) is 26.9. The molecule has 1 aromatic heterocycles. The maximum Gasteiger partial charge on any atom is 0.490 e. The highest BCUT2D eigenvalue weighted by Gasteiger charge is 2.72. The van der Waals surface area contributed by atoms with Gasteiger partial charge < -0.3 is 36.5 Å². The minimum Gasteiger partial charge on any atom is -0.504 e. The number of benzene rings is 2. The van der Waals surface area contributed by atoms with Crippen molar-refractivity contribution in [2.75, 3.05) is 13.1 Å². The van der Waals surface area contributed by atoms with E-state index in [1.807, 2.05) is 24.3 Å². The molecule has 42 heavy (non-hydrogen) atoms. The lowest BCUT2D eigenvalue weighted by atomic mass is 9.49. The Balaban J connectivity index is 0.000000370. The van der Waals surface area contributed by atoms with Gasteiger partial charge in [-0.2, -0.15) is 13.2 Å². The Morgan fingerprint density at radius 3 is 2.62 bits per heavy atom. The third-order valence-corrected chi connectivity index (χ3v) is 9.65. The van der Waals surface area contributed by atoms with Crippen LogP contribution in [-0.2, 0) is 23.1 Å². The number of hydrogen-bond donors (Lipinski definition) is 6. The van der Waals surface area contributed by atoms with Crippen LogP contribution in [0.4, 0.5) is 18.9 Å². The Kier molecular flexibility index (Phi) is 5.62. The number of nitrogens with two attached hydrogens (primary N) is 2. The first-order valence-corrected chi connectivity index (χ1v) is 13.9. The lowest BCUT2D eigenvalue weighted by molar-refractivity contribution is -0.192. The van der Waals surface area contributed by atoms with Gasteiger partial charge in [-0.15, -0.1) is 0 Å². The molecule has 5 aliphatic rings. The molecule has 2 aliphatic heterocycles. The molecule has 8 rings (SSSR count). The number of nitrogens with one attached hydrogen (secondary N) is 1. The van der Waals surface area contributed by atoms with Crippen LogP contribution in [0, 0.1) is 5.92 Å². The molecule has 1 spiro atoms. The second kappa shape index (κ2) is 8.77. The summed E-state index contributed by atoms with van der Waals surface area (Å²) in [4.78, 5) is 19.3. The van der Waals surface area contributed by atoms with Gasteiger partial charge >= 0.3 is 12.1 Å². The third kappa shape index (κ3) is 3.72. The van der Waals surface area contributed by atoms with E-state index in [-0.39, 0.29) is 23.9 Å². The van der Waals surface area contributed by atoms with E-state index in [0.717, 1.165) is 59.6 Å². The summed E-state index contributed by atoms with van der Waals surface area (Å²) in [6, 6.07) is 9.64. The van der Waals surface area contributed by atoms with E-state index in [2.05, 4.69) is 14.9 Å². The standard InChI is InChI=1S/C27H29N5O3.C2HF3O2/c28-25(29)30-15-4-5-18-16(10-15)17-11-27(34)20-9-14-3-6-19(33)23-21(14)26(27,24(35-23)22(17)31-18)7-8-32(20)12-13-1-2-13;3-2(4,5)1(6)7/h3-6,10,13,20,24,31,33-34H,1-2,7-9,11-12H2,(H4,28,29,30);(H,6,7). The molecule has 8 N–H and O–H groups in total. The Labute approximate surface area is 237 Å². The van der Waals surface area contributed by atoms with Crippen molar-refractivity contribution in [2.45, 2.75) is 61.4 Å². The first-order chi connectivity index (χ1) is 19.8. The zero-order valence-corrected chi connectivity index (χ0v) is 22.4. The van der Waals surface area contributed by atoms with Crippen molar-refractivity contribution in [2.24, 2.45) is 22.4 Å². The fourth-order valence-electron chi connectivity index (χ4n) is 7.83. The Morgan fingerprint density at radius 1 is 1.21 bits per heavy atom. The summed E-state index contributed by atoms with van der Waals surface area (Å²) < 4.78 is 38.4. The normalized spacial score (nSPS) is 28.7. The summed E-state index contributed by atoms with van der Waals surface area (Å²) >= 11 is 0. The van der Waals surface area contributed by atoms with Crippen LogP contribution in [0.5, 0.6) is 11.5 Å². The topological polar surface area (TPSA) is 170 Å². The zero-order valence-electron chi connectivity index (χ0n) is 22.4. The van der Waals surface area contributed by atoms with E-state index in [1.165, 1.54) is 18.4 Å². The Hall–Kier alpha value is -3.97. The molecule has 10 nitrogen and oxygen atoms in total. The number of aromatic amines is 1. The number of rotatable bonds is 3. The smallest absolute Gasteiger partial charge is 0.490 e. The number of carboxylic acids is 1. The molecule has 3 heterocycles. The van der Waals surface area contributed by atoms with E-state index >= 15 is 0 Å². The number of aliphatic carboxylic acids is 1. The van der Waals surface area contributed by atoms with Crippen LogP contribution in [0.3, 0.4) is 0 Å². The molecule has 2 bridgehead atoms. The molecule has 0 amide bonds. The van der Waals surface area contributed by atoms with Gasteiger partial charge in [-0.05, 0) is 73.5 Å². The summed E-state index contributed by atoms with van der Waals surface area (Å²) in [7, 11) is 0. The number of halogens is 3. The largest absolute Gasteiger partial charge is 0.504 e. The van der Waals surface area contributed by atoms with Crippen LogP contribution in [-0.4, -0.2) is 68.0 Å². The molecular formula is C29H30F3N5O5. The highest BCUT2D eigenvalue weighted by Crippen LogP contribution is 2.69. The predicted octanol–water partition coefficient (Wildman–Crippen LogP) is 3.11. The minimum absolute atomic E-state index is 0.00457. The summed E-state index contributed by atoms with van der Waals surface area (Å²) in [5, 5.41) is 31.8. The molecule has 1 saturated heterocycles. The fourth-order valence-corrected chi connectivity index (χ4v) is 7.83. The summed E-state index contributed by atoms with van der Waals surface area (Å²) in [5.74, 6) is -1.29. The van der Waals surface area contributed by atoms with E-state index in [9.17, 15) is 23.4 Å². The zero-order chi connectivity index (χ0) is 29.8. The van der Waals surface area contributed by atoms with Gasteiger partial charge in [0.2, 0.25) is 0 Å². The number of aliphatic imine (C=N–C) groups is 1. The molecule has 3 aromatic rings. The van der Waals surface area contributed by atoms with Gasteiger partial charge in [0.05, 0.1) is 22.4 Å². The van der Waals surface area contributed by atoms with E-state index in [0.29, 0.717) is 17.9 Å². The molecule has 4 atom stereocenters. The van der Waals surface area contributed by atoms with Crippen LogP contribution in [0.2, 0.25) is 0 Å². The van der Waals surface area contributed by atoms with Crippen molar-refractivity contribution in [1.82, 2.24) is 9.88 Å². The van der Waals surface area contributed by atoms with Crippen LogP contribution in [0.15, 0.2) is 35.3 Å². The van der Waals surface area contributed by atoms with Crippen molar-refractivity contribution >= 4 is 28.5 Å². The lowest BCUT2D eigenvalue weighted by Crippen LogP contribution is -2.74. The molecular weight excluding hydrogens is 555 g/mol. The number of ether oxygens (including phenoxy) is 1. The number of hydrogen-bond acceptors (Lipinski definition) is 6. The summed E-state index contributed by atoms with van der Waals surface area (Å²) in [6.45, 7) is 1.98. The number of carbonyl (C=O) groups is 1. The number of guanidine groups is 1. The Bertz CT molecular complexity index is 1660. The van der Waals surface area contributed by atoms with Gasteiger partial charge in [0.15, 0.2) is 23.6 Å². The molecule has 2 fully saturated rings. The number of piperidine rings is 1. The van der Waals surface area contributed by atoms with Gasteiger partial charge in [-0.3, -0.25) is 4.90 Å². The van der Waals surface area contributed by atoms with E-state index < -0.39 is 23.2 Å². The number of carboxylic acid groups (broad SMARTS) is 1. The maximum atomic E-state index is 12.9. The average molecular weight is 586 g/mol. The summed E-state index contributed by atoms with van der Waals surface area (Å²) in [5.41, 5.74) is 15.6. The number of aromatic nitrogens is 1. The van der Waals surface area contributed by atoms with Gasteiger partial charge in [-0.25, -0.2) is 9.79 Å². The van der Waals surface area contributed by atoms with Crippen LogP contribution in [0.25, 0.3) is 10.9 Å². The van der Waals surface area contributed by atoms with Crippen molar-refractivity contribution in [1.29, 1.82) is 0 Å². The monoisotopic (exact) mass is 585 g/mol. The number of phenolic OH excluding ortho intramolecular Hbond substituents is 1. The number of likely N-dealkylation sites (tertiary alicyclic amines) is 1. The SMILES string of the molecule is NC(N)=Nc1ccc2[nH]c3c(c2c1)CC1(O)C2Cc4ccc(O)c5c4C1(CCN2CC1CC1)C3O5.O=C(O)C(F)(F)F. The average Bonchev–Trinajstić information content (AvgIpc) is 3.55. The quantitative estimate of drug-likeness (QED) is 0.201. The van der Waals surface area contributed by atoms with Crippen LogP contribution in [0.1, 0.15) is 47.8 Å². The number of phenols is 1. The molecule has 3 aliphatic carbocycles.